The third-order valence-corrected chi connectivity index (χ3v) is 4.78. The molecule has 3 aromatic rings. The third kappa shape index (κ3) is 2.28. The van der Waals surface area contributed by atoms with Crippen LogP contribution in [0.4, 0.5) is 0 Å². The number of aromatic amines is 1. The van der Waals surface area contributed by atoms with Gasteiger partial charge in [0.2, 0.25) is 0 Å². The SMILES string of the molecule is NC1(c2ncc(-c3nc(Cc4cccs4)no3)[nH]2)CCC1. The van der Waals surface area contributed by atoms with E-state index in [0.717, 1.165) is 30.8 Å². The molecule has 21 heavy (non-hydrogen) atoms. The van der Waals surface area contributed by atoms with Crippen LogP contribution in [0.2, 0.25) is 0 Å². The van der Waals surface area contributed by atoms with Gasteiger partial charge >= 0.3 is 0 Å². The van der Waals surface area contributed by atoms with Crippen molar-refractivity contribution >= 4 is 11.3 Å². The Morgan fingerprint density at radius 1 is 1.43 bits per heavy atom. The fraction of sp³-hybridized carbons (Fsp3) is 0.357. The Hall–Kier alpha value is -1.99. The quantitative estimate of drug-likeness (QED) is 0.772. The van der Waals surface area contributed by atoms with E-state index >= 15 is 0 Å². The van der Waals surface area contributed by atoms with Gasteiger partial charge in [0, 0.05) is 11.3 Å². The van der Waals surface area contributed by atoms with E-state index in [1.165, 1.54) is 4.88 Å². The molecule has 1 saturated carbocycles. The van der Waals surface area contributed by atoms with Crippen molar-refractivity contribution in [1.82, 2.24) is 20.1 Å². The lowest BCUT2D eigenvalue weighted by atomic mass is 9.77. The molecule has 1 aliphatic rings. The number of nitrogens with two attached hydrogens (primary N) is 1. The largest absolute Gasteiger partial charge is 0.336 e. The first-order valence-electron chi connectivity index (χ1n) is 6.93. The van der Waals surface area contributed by atoms with Crippen LogP contribution in [-0.2, 0) is 12.0 Å². The summed E-state index contributed by atoms with van der Waals surface area (Å²) in [5.41, 5.74) is 6.67. The molecule has 0 amide bonds. The number of hydrogen-bond acceptors (Lipinski definition) is 6. The van der Waals surface area contributed by atoms with Crippen molar-refractivity contribution in [2.75, 3.05) is 0 Å². The molecule has 108 valence electrons. The second-order valence-electron chi connectivity index (χ2n) is 5.43. The number of thiophene rings is 1. The molecule has 0 unspecified atom stereocenters. The minimum absolute atomic E-state index is 0.307. The lowest BCUT2D eigenvalue weighted by Gasteiger charge is -2.35. The van der Waals surface area contributed by atoms with E-state index in [1.54, 1.807) is 17.5 Å². The fourth-order valence-electron chi connectivity index (χ4n) is 2.48. The van der Waals surface area contributed by atoms with Crippen LogP contribution in [0.15, 0.2) is 28.2 Å². The summed E-state index contributed by atoms with van der Waals surface area (Å²) >= 11 is 1.68. The van der Waals surface area contributed by atoms with Crippen molar-refractivity contribution < 1.29 is 4.52 Å². The zero-order valence-corrected chi connectivity index (χ0v) is 12.2. The monoisotopic (exact) mass is 301 g/mol. The molecule has 0 saturated heterocycles. The standard InChI is InChI=1S/C14H15N5OS/c15-14(4-2-5-14)13-16-8-10(17-13)12-18-11(19-20-12)7-9-3-1-6-21-9/h1,3,6,8H,2,4-5,7,15H2,(H,16,17). The zero-order valence-electron chi connectivity index (χ0n) is 11.4. The van der Waals surface area contributed by atoms with Gasteiger partial charge in [-0.3, -0.25) is 0 Å². The Bertz CT molecular complexity index is 741. The molecule has 0 spiro atoms. The van der Waals surface area contributed by atoms with Gasteiger partial charge < -0.3 is 15.2 Å². The number of nitrogens with one attached hydrogen (secondary N) is 1. The Labute approximate surface area is 125 Å². The molecule has 7 heteroatoms. The van der Waals surface area contributed by atoms with Gasteiger partial charge in [-0.25, -0.2) is 4.98 Å². The topological polar surface area (TPSA) is 93.6 Å². The molecule has 1 aliphatic carbocycles. The summed E-state index contributed by atoms with van der Waals surface area (Å²) in [6.45, 7) is 0. The van der Waals surface area contributed by atoms with Crippen LogP contribution in [0, 0.1) is 0 Å². The Kier molecular flexibility index (Phi) is 2.90. The van der Waals surface area contributed by atoms with Gasteiger partial charge in [0.25, 0.3) is 5.89 Å². The van der Waals surface area contributed by atoms with E-state index in [-0.39, 0.29) is 5.54 Å². The number of H-pyrrole nitrogens is 1. The molecule has 0 aliphatic heterocycles. The zero-order chi connectivity index (χ0) is 14.3. The number of nitrogens with zero attached hydrogens (tertiary/aromatic N) is 3. The number of imidazole rings is 1. The summed E-state index contributed by atoms with van der Waals surface area (Å²) in [7, 11) is 0. The highest BCUT2D eigenvalue weighted by atomic mass is 32.1. The first-order valence-corrected chi connectivity index (χ1v) is 7.81. The summed E-state index contributed by atoms with van der Waals surface area (Å²) < 4.78 is 5.31. The van der Waals surface area contributed by atoms with Gasteiger partial charge in [-0.15, -0.1) is 11.3 Å². The first kappa shape index (κ1) is 12.7. The normalized spacial score (nSPS) is 16.8. The first-order chi connectivity index (χ1) is 10.2. The number of aromatic nitrogens is 4. The molecule has 0 bridgehead atoms. The summed E-state index contributed by atoms with van der Waals surface area (Å²) in [5.74, 6) is 1.94. The minimum atomic E-state index is -0.307. The van der Waals surface area contributed by atoms with Crippen molar-refractivity contribution in [3.63, 3.8) is 0 Å². The van der Waals surface area contributed by atoms with Crippen LogP contribution < -0.4 is 5.73 Å². The maximum Gasteiger partial charge on any atom is 0.275 e. The third-order valence-electron chi connectivity index (χ3n) is 3.90. The van der Waals surface area contributed by atoms with Crippen molar-refractivity contribution in [2.45, 2.75) is 31.2 Å². The number of rotatable bonds is 4. The van der Waals surface area contributed by atoms with Crippen LogP contribution >= 0.6 is 11.3 Å². The van der Waals surface area contributed by atoms with Crippen molar-refractivity contribution in [1.29, 1.82) is 0 Å². The summed E-state index contributed by atoms with van der Waals surface area (Å²) in [6.07, 6.45) is 5.48. The lowest BCUT2D eigenvalue weighted by Crippen LogP contribution is -2.44. The van der Waals surface area contributed by atoms with Gasteiger partial charge in [0.1, 0.15) is 11.5 Å². The average Bonchev–Trinajstić information content (AvgIpc) is 3.17. The summed E-state index contributed by atoms with van der Waals surface area (Å²) in [5, 5.41) is 6.05. The molecule has 0 aromatic carbocycles. The summed E-state index contributed by atoms with van der Waals surface area (Å²) in [6, 6.07) is 4.07. The summed E-state index contributed by atoms with van der Waals surface area (Å²) in [4.78, 5) is 13.2. The second-order valence-corrected chi connectivity index (χ2v) is 6.46. The fourth-order valence-corrected chi connectivity index (χ4v) is 3.18. The predicted molar refractivity (Wildman–Crippen MR) is 78.7 cm³/mol. The van der Waals surface area contributed by atoms with Gasteiger partial charge in [-0.05, 0) is 30.7 Å². The van der Waals surface area contributed by atoms with Crippen LogP contribution in [0.1, 0.15) is 35.8 Å². The maximum absolute atomic E-state index is 6.25. The van der Waals surface area contributed by atoms with Gasteiger partial charge in [-0.1, -0.05) is 11.2 Å². The van der Waals surface area contributed by atoms with E-state index in [1.807, 2.05) is 11.4 Å². The van der Waals surface area contributed by atoms with E-state index < -0.39 is 0 Å². The van der Waals surface area contributed by atoms with Crippen molar-refractivity contribution in [3.8, 4) is 11.6 Å². The highest BCUT2D eigenvalue weighted by Crippen LogP contribution is 2.37. The smallest absolute Gasteiger partial charge is 0.275 e. The molecule has 0 atom stereocenters. The van der Waals surface area contributed by atoms with Crippen LogP contribution in [-0.4, -0.2) is 20.1 Å². The highest BCUT2D eigenvalue weighted by molar-refractivity contribution is 7.09. The van der Waals surface area contributed by atoms with Gasteiger partial charge in [0.05, 0.1) is 11.7 Å². The van der Waals surface area contributed by atoms with E-state index in [2.05, 4.69) is 26.2 Å². The van der Waals surface area contributed by atoms with E-state index in [0.29, 0.717) is 18.1 Å². The van der Waals surface area contributed by atoms with Crippen LogP contribution in [0.25, 0.3) is 11.6 Å². The van der Waals surface area contributed by atoms with E-state index in [9.17, 15) is 0 Å². The molecular formula is C14H15N5OS. The van der Waals surface area contributed by atoms with Crippen LogP contribution in [0.3, 0.4) is 0 Å². The van der Waals surface area contributed by atoms with Gasteiger partial charge in [0.15, 0.2) is 5.82 Å². The van der Waals surface area contributed by atoms with Crippen molar-refractivity contribution in [2.24, 2.45) is 5.73 Å². The molecule has 4 rings (SSSR count). The highest BCUT2D eigenvalue weighted by Gasteiger charge is 2.37. The molecule has 6 nitrogen and oxygen atoms in total. The Balaban J connectivity index is 1.55. The maximum atomic E-state index is 6.25. The Morgan fingerprint density at radius 2 is 2.33 bits per heavy atom. The van der Waals surface area contributed by atoms with E-state index in [4.69, 9.17) is 10.3 Å². The molecule has 3 heterocycles. The number of hydrogen-bond donors (Lipinski definition) is 2. The average molecular weight is 301 g/mol. The molecule has 0 radical (unpaired) electrons. The molecular weight excluding hydrogens is 286 g/mol. The minimum Gasteiger partial charge on any atom is -0.336 e. The van der Waals surface area contributed by atoms with Crippen molar-refractivity contribution in [3.05, 3.63) is 40.2 Å². The molecule has 1 fully saturated rings. The van der Waals surface area contributed by atoms with Crippen LogP contribution in [0.5, 0.6) is 0 Å². The Morgan fingerprint density at radius 3 is 3.05 bits per heavy atom. The lowest BCUT2D eigenvalue weighted by molar-refractivity contribution is 0.240. The second kappa shape index (κ2) is 4.78. The molecule has 3 N–H and O–H groups in total. The molecule has 3 aromatic heterocycles. The predicted octanol–water partition coefficient (Wildman–Crippen LogP) is 2.45. The van der Waals surface area contributed by atoms with Gasteiger partial charge in [-0.2, -0.15) is 4.98 Å².